The first-order chi connectivity index (χ1) is 17.4. The predicted molar refractivity (Wildman–Crippen MR) is 143 cm³/mol. The minimum atomic E-state index is -1.12. The fraction of sp³-hybridized carbons (Fsp3) is 0.571. The highest BCUT2D eigenvalue weighted by atomic mass is 16.6. The van der Waals surface area contributed by atoms with E-state index < -0.39 is 35.6 Å². The molecule has 0 aliphatic rings. The number of nitrogens with one attached hydrogen (secondary N) is 2. The highest BCUT2D eigenvalue weighted by Gasteiger charge is 2.36. The van der Waals surface area contributed by atoms with E-state index in [-0.39, 0.29) is 25.3 Å². The molecule has 0 fully saturated rings. The summed E-state index contributed by atoms with van der Waals surface area (Å²) in [6.07, 6.45) is 7.63. The summed E-state index contributed by atoms with van der Waals surface area (Å²) in [6, 6.07) is 4.81. The summed E-state index contributed by atoms with van der Waals surface area (Å²) < 4.78 is 5.33. The molecule has 0 aromatic heterocycles. The topological polar surface area (TPSA) is 131 Å². The van der Waals surface area contributed by atoms with Gasteiger partial charge in [0, 0.05) is 25.1 Å². The van der Waals surface area contributed by atoms with Gasteiger partial charge in [-0.1, -0.05) is 44.7 Å². The molecule has 0 aliphatic heterocycles. The Morgan fingerprint density at radius 2 is 1.70 bits per heavy atom. The monoisotopic (exact) mass is 514 g/mol. The van der Waals surface area contributed by atoms with Crippen molar-refractivity contribution >= 4 is 23.8 Å². The molecule has 2 atom stereocenters. The maximum atomic E-state index is 13.9. The van der Waals surface area contributed by atoms with Gasteiger partial charge in [-0.15, -0.1) is 6.42 Å². The third kappa shape index (κ3) is 11.4. The minimum absolute atomic E-state index is 0.0315. The largest absolute Gasteiger partial charge is 0.444 e. The van der Waals surface area contributed by atoms with Crippen LogP contribution in [0.15, 0.2) is 24.3 Å². The molecule has 0 heterocycles. The van der Waals surface area contributed by atoms with Gasteiger partial charge >= 0.3 is 6.09 Å². The number of nitrogens with zero attached hydrogens (tertiary/aromatic N) is 1. The molecule has 0 radical (unpaired) electrons. The molecule has 204 valence electrons. The maximum absolute atomic E-state index is 13.9. The van der Waals surface area contributed by atoms with Gasteiger partial charge in [0.25, 0.3) is 0 Å². The molecule has 1 aromatic rings. The lowest BCUT2D eigenvalue weighted by Crippen LogP contribution is -2.53. The predicted octanol–water partition coefficient (Wildman–Crippen LogP) is 3.41. The molecule has 0 aliphatic carbocycles. The van der Waals surface area contributed by atoms with E-state index in [1.54, 1.807) is 45.0 Å². The number of amides is 4. The summed E-state index contributed by atoms with van der Waals surface area (Å²) in [4.78, 5) is 52.9. The fourth-order valence-electron chi connectivity index (χ4n) is 3.61. The lowest BCUT2D eigenvalue weighted by atomic mass is 10.00. The molecule has 0 saturated carbocycles. The Hall–Kier alpha value is -3.54. The van der Waals surface area contributed by atoms with Crippen molar-refractivity contribution in [2.24, 2.45) is 5.73 Å². The lowest BCUT2D eigenvalue weighted by Gasteiger charge is -2.34. The van der Waals surface area contributed by atoms with Gasteiger partial charge in [-0.05, 0) is 57.7 Å². The van der Waals surface area contributed by atoms with Crippen molar-refractivity contribution in [3.05, 3.63) is 35.4 Å². The number of nitrogens with two attached hydrogens (primary N) is 1. The average molecular weight is 515 g/mol. The molecule has 1 rings (SSSR count). The number of carbonyl (C=O) groups is 4. The van der Waals surface area contributed by atoms with Crippen molar-refractivity contribution < 1.29 is 23.9 Å². The second kappa shape index (κ2) is 15.5. The second-order valence-corrected chi connectivity index (χ2v) is 9.90. The smallest absolute Gasteiger partial charge is 0.408 e. The van der Waals surface area contributed by atoms with Crippen LogP contribution >= 0.6 is 0 Å². The molecule has 0 saturated heterocycles. The summed E-state index contributed by atoms with van der Waals surface area (Å²) in [6.45, 7) is 9.84. The molecular weight excluding hydrogens is 472 g/mol. The Bertz CT molecular complexity index is 947. The van der Waals surface area contributed by atoms with Gasteiger partial charge in [-0.3, -0.25) is 14.4 Å². The minimum Gasteiger partial charge on any atom is -0.444 e. The van der Waals surface area contributed by atoms with Crippen molar-refractivity contribution in [2.45, 2.75) is 90.8 Å². The van der Waals surface area contributed by atoms with Crippen LogP contribution < -0.4 is 16.4 Å². The highest BCUT2D eigenvalue weighted by Crippen LogP contribution is 2.24. The number of hydrogen-bond acceptors (Lipinski definition) is 5. The third-order valence-electron chi connectivity index (χ3n) is 5.49. The Morgan fingerprint density at radius 1 is 1.08 bits per heavy atom. The molecule has 0 spiro atoms. The number of terminal acetylenes is 1. The molecule has 4 amide bonds. The Kier molecular flexibility index (Phi) is 13.2. The van der Waals surface area contributed by atoms with Crippen LogP contribution in [-0.4, -0.2) is 53.4 Å². The number of alkyl carbamates (subject to hydrolysis) is 1. The molecule has 37 heavy (non-hydrogen) atoms. The zero-order chi connectivity index (χ0) is 28.0. The van der Waals surface area contributed by atoms with Gasteiger partial charge in [0.2, 0.25) is 17.7 Å². The number of unbranched alkanes of at least 4 members (excludes halogenated alkanes) is 2. The molecular formula is C28H42N4O5. The van der Waals surface area contributed by atoms with Crippen LogP contribution in [0, 0.1) is 12.3 Å². The van der Waals surface area contributed by atoms with Crippen molar-refractivity contribution in [1.82, 2.24) is 15.5 Å². The van der Waals surface area contributed by atoms with E-state index in [9.17, 15) is 19.2 Å². The van der Waals surface area contributed by atoms with Crippen LogP contribution in [0.2, 0.25) is 0 Å². The lowest BCUT2D eigenvalue weighted by molar-refractivity contribution is -0.142. The van der Waals surface area contributed by atoms with Crippen LogP contribution in [0.4, 0.5) is 4.79 Å². The van der Waals surface area contributed by atoms with Gasteiger partial charge in [-0.2, -0.15) is 0 Å². The number of benzene rings is 1. The molecule has 2 unspecified atom stereocenters. The van der Waals surface area contributed by atoms with Crippen LogP contribution in [0.3, 0.4) is 0 Å². The first-order valence-corrected chi connectivity index (χ1v) is 12.9. The number of hydrogen-bond donors (Lipinski definition) is 3. The van der Waals surface area contributed by atoms with Gasteiger partial charge in [0.05, 0.1) is 0 Å². The van der Waals surface area contributed by atoms with E-state index in [0.29, 0.717) is 24.1 Å². The normalized spacial score (nSPS) is 12.5. The zero-order valence-corrected chi connectivity index (χ0v) is 22.8. The SMILES string of the molecule is C#Cc1ccc(C(C(=O)NCCCC)N(CCCC)C(=O)C(CCC(N)=O)NC(=O)OC(C)(C)C)cc1. The first-order valence-electron chi connectivity index (χ1n) is 12.9. The Morgan fingerprint density at radius 3 is 2.22 bits per heavy atom. The molecule has 1 aromatic carbocycles. The van der Waals surface area contributed by atoms with E-state index in [0.717, 1.165) is 19.3 Å². The average Bonchev–Trinajstić information content (AvgIpc) is 2.83. The summed E-state index contributed by atoms with van der Waals surface area (Å²) in [5, 5.41) is 5.51. The van der Waals surface area contributed by atoms with Gasteiger partial charge in [0.1, 0.15) is 17.7 Å². The fourth-order valence-corrected chi connectivity index (χ4v) is 3.61. The Balaban J connectivity index is 3.45. The highest BCUT2D eigenvalue weighted by molar-refractivity contribution is 5.92. The van der Waals surface area contributed by atoms with E-state index in [1.165, 1.54) is 4.90 Å². The second-order valence-electron chi connectivity index (χ2n) is 9.90. The van der Waals surface area contributed by atoms with E-state index in [4.69, 9.17) is 16.9 Å². The van der Waals surface area contributed by atoms with E-state index in [2.05, 4.69) is 16.6 Å². The van der Waals surface area contributed by atoms with Gasteiger partial charge in [0.15, 0.2) is 0 Å². The number of primary amides is 1. The van der Waals surface area contributed by atoms with Crippen molar-refractivity contribution in [3.63, 3.8) is 0 Å². The number of ether oxygens (including phenoxy) is 1. The van der Waals surface area contributed by atoms with E-state index >= 15 is 0 Å². The molecule has 9 heteroatoms. The third-order valence-corrected chi connectivity index (χ3v) is 5.49. The molecule has 0 bridgehead atoms. The van der Waals surface area contributed by atoms with E-state index in [1.807, 2.05) is 13.8 Å². The number of rotatable bonds is 14. The van der Waals surface area contributed by atoms with Crippen molar-refractivity contribution in [2.75, 3.05) is 13.1 Å². The molecule has 4 N–H and O–H groups in total. The maximum Gasteiger partial charge on any atom is 0.408 e. The number of carbonyl (C=O) groups excluding carboxylic acids is 4. The van der Waals surface area contributed by atoms with Crippen LogP contribution in [-0.2, 0) is 19.1 Å². The van der Waals surface area contributed by atoms with Crippen molar-refractivity contribution in [3.8, 4) is 12.3 Å². The summed E-state index contributed by atoms with van der Waals surface area (Å²) in [5.41, 5.74) is 5.78. The Labute approximate surface area is 220 Å². The van der Waals surface area contributed by atoms with Crippen LogP contribution in [0.5, 0.6) is 0 Å². The first kappa shape index (κ1) is 31.5. The molecule has 9 nitrogen and oxygen atoms in total. The van der Waals surface area contributed by atoms with Gasteiger partial charge < -0.3 is 26.0 Å². The summed E-state index contributed by atoms with van der Waals surface area (Å²) in [7, 11) is 0. The summed E-state index contributed by atoms with van der Waals surface area (Å²) >= 11 is 0. The van der Waals surface area contributed by atoms with Crippen molar-refractivity contribution in [1.29, 1.82) is 0 Å². The standard InChI is InChI=1S/C28H42N4O5/c1-7-10-18-30-25(34)24(21-14-12-20(9-3)13-15-21)32(19-11-8-2)26(35)22(16-17-23(29)33)31-27(36)37-28(4,5)6/h3,12-15,22,24H,7-8,10-11,16-19H2,1-2,4-6H3,(H2,29,33)(H,30,34)(H,31,36). The van der Waals surface area contributed by atoms with Crippen LogP contribution in [0.1, 0.15) is 90.3 Å². The zero-order valence-electron chi connectivity index (χ0n) is 22.8. The van der Waals surface area contributed by atoms with Crippen LogP contribution in [0.25, 0.3) is 0 Å². The summed E-state index contributed by atoms with van der Waals surface area (Å²) in [5.74, 6) is 1.10. The quantitative estimate of drug-likeness (QED) is 0.259. The van der Waals surface area contributed by atoms with Gasteiger partial charge in [-0.25, -0.2) is 4.79 Å².